The molecule has 0 spiro atoms. The summed E-state index contributed by atoms with van der Waals surface area (Å²) >= 11 is 0. The number of likely N-dealkylation sites (N-methyl/N-ethyl adjacent to an activating group) is 1. The van der Waals surface area contributed by atoms with E-state index >= 15 is 0 Å². The lowest BCUT2D eigenvalue weighted by atomic mass is 9.85. The molecule has 0 saturated heterocycles. The van der Waals surface area contributed by atoms with Gasteiger partial charge in [0.1, 0.15) is 0 Å². The fourth-order valence-electron chi connectivity index (χ4n) is 2.63. The highest BCUT2D eigenvalue weighted by Gasteiger charge is 2.25. The van der Waals surface area contributed by atoms with E-state index in [2.05, 4.69) is 0 Å². The van der Waals surface area contributed by atoms with Crippen LogP contribution < -0.4 is 5.73 Å². The van der Waals surface area contributed by atoms with Crippen LogP contribution in [0.1, 0.15) is 31.7 Å². The third-order valence-corrected chi connectivity index (χ3v) is 4.21. The van der Waals surface area contributed by atoms with E-state index in [-0.39, 0.29) is 17.4 Å². The van der Waals surface area contributed by atoms with Gasteiger partial charge in [-0.25, -0.2) is 0 Å². The molecule has 1 amide bonds. The first kappa shape index (κ1) is 15.6. The second-order valence-corrected chi connectivity index (χ2v) is 5.81. The summed E-state index contributed by atoms with van der Waals surface area (Å²) in [5.41, 5.74) is 6.76. The molecule has 5 heteroatoms. The van der Waals surface area contributed by atoms with Crippen LogP contribution in [0.4, 0.5) is 0 Å². The number of hydrogen-bond acceptors (Lipinski definition) is 4. The number of nitrogens with two attached hydrogens (primary N) is 1. The van der Waals surface area contributed by atoms with Gasteiger partial charge in [0, 0.05) is 13.1 Å². The number of amides is 1. The third-order valence-electron chi connectivity index (χ3n) is 4.21. The maximum atomic E-state index is 12.4. The average Bonchev–Trinajstić information content (AvgIpc) is 2.41. The molecule has 0 radical (unpaired) electrons. The Balaban J connectivity index is 1.94. The van der Waals surface area contributed by atoms with Gasteiger partial charge in [-0.15, -0.1) is 0 Å². The quantitative estimate of drug-likeness (QED) is 0.695. The summed E-state index contributed by atoms with van der Waals surface area (Å²) in [5, 5.41) is 18.8. The van der Waals surface area contributed by atoms with E-state index < -0.39 is 6.04 Å². The van der Waals surface area contributed by atoms with Crippen LogP contribution in [0.25, 0.3) is 0 Å². The van der Waals surface area contributed by atoms with Gasteiger partial charge < -0.3 is 20.8 Å². The molecule has 21 heavy (non-hydrogen) atoms. The zero-order chi connectivity index (χ0) is 15.4. The van der Waals surface area contributed by atoms with Crippen molar-refractivity contribution in [3.05, 3.63) is 23.8 Å². The SMILES string of the molecule is CCN(CC1CCC1)C(=O)[C@@H](N)Cc1ccc(O)c(O)c1. The van der Waals surface area contributed by atoms with Gasteiger partial charge >= 0.3 is 0 Å². The Morgan fingerprint density at radius 2 is 2.10 bits per heavy atom. The average molecular weight is 292 g/mol. The molecule has 0 aliphatic heterocycles. The minimum absolute atomic E-state index is 0.0445. The molecule has 1 atom stereocenters. The van der Waals surface area contributed by atoms with Crippen LogP contribution in [0.5, 0.6) is 11.5 Å². The molecule has 0 heterocycles. The van der Waals surface area contributed by atoms with Crippen LogP contribution in [0.3, 0.4) is 0 Å². The second kappa shape index (κ2) is 6.80. The minimum Gasteiger partial charge on any atom is -0.504 e. The third kappa shape index (κ3) is 3.88. The normalized spacial score (nSPS) is 16.3. The molecule has 1 aliphatic rings. The van der Waals surface area contributed by atoms with Crippen LogP contribution in [0, 0.1) is 5.92 Å². The molecule has 0 bridgehead atoms. The van der Waals surface area contributed by atoms with Gasteiger partial charge in [-0.2, -0.15) is 0 Å². The second-order valence-electron chi connectivity index (χ2n) is 5.81. The summed E-state index contributed by atoms with van der Waals surface area (Å²) in [4.78, 5) is 14.2. The number of aromatic hydroxyl groups is 2. The van der Waals surface area contributed by atoms with Gasteiger partial charge in [0.2, 0.25) is 5.91 Å². The number of rotatable bonds is 6. The van der Waals surface area contributed by atoms with Gasteiger partial charge in [0.25, 0.3) is 0 Å². The van der Waals surface area contributed by atoms with Crippen molar-refractivity contribution >= 4 is 5.91 Å². The molecule has 1 aromatic carbocycles. The number of hydrogen-bond donors (Lipinski definition) is 3. The molecule has 1 saturated carbocycles. The Morgan fingerprint density at radius 3 is 2.62 bits per heavy atom. The molecular formula is C16H24N2O3. The standard InChI is InChI=1S/C16H24N2O3/c1-2-18(10-11-4-3-5-11)16(21)13(17)8-12-6-7-14(19)15(20)9-12/h6-7,9,11,13,19-20H,2-5,8,10,17H2,1H3/t13-/m0/s1. The number of phenolic OH excluding ortho intramolecular Hbond substituents is 2. The smallest absolute Gasteiger partial charge is 0.239 e. The van der Waals surface area contributed by atoms with Gasteiger partial charge in [-0.3, -0.25) is 4.79 Å². The number of nitrogens with zero attached hydrogens (tertiary/aromatic N) is 1. The Kier molecular flexibility index (Phi) is 5.07. The summed E-state index contributed by atoms with van der Waals surface area (Å²) < 4.78 is 0. The highest BCUT2D eigenvalue weighted by molar-refractivity contribution is 5.82. The zero-order valence-electron chi connectivity index (χ0n) is 12.5. The molecule has 0 unspecified atom stereocenters. The molecule has 1 fully saturated rings. The molecule has 116 valence electrons. The fourth-order valence-corrected chi connectivity index (χ4v) is 2.63. The lowest BCUT2D eigenvalue weighted by Gasteiger charge is -2.33. The molecule has 4 N–H and O–H groups in total. The van der Waals surface area contributed by atoms with Crippen LogP contribution in [0.2, 0.25) is 0 Å². The summed E-state index contributed by atoms with van der Waals surface area (Å²) in [6.07, 6.45) is 4.01. The maximum absolute atomic E-state index is 12.4. The Labute approximate surface area is 125 Å². The van der Waals surface area contributed by atoms with E-state index in [0.29, 0.717) is 18.9 Å². The predicted molar refractivity (Wildman–Crippen MR) is 81.0 cm³/mol. The molecule has 1 aromatic rings. The largest absolute Gasteiger partial charge is 0.504 e. The van der Waals surface area contributed by atoms with Gasteiger partial charge in [-0.05, 0) is 49.8 Å². The fraction of sp³-hybridized carbons (Fsp3) is 0.562. The van der Waals surface area contributed by atoms with Crippen molar-refractivity contribution in [3.8, 4) is 11.5 Å². The number of benzene rings is 1. The maximum Gasteiger partial charge on any atom is 0.239 e. The van der Waals surface area contributed by atoms with Gasteiger partial charge in [-0.1, -0.05) is 12.5 Å². The summed E-state index contributed by atoms with van der Waals surface area (Å²) in [6, 6.07) is 3.91. The van der Waals surface area contributed by atoms with E-state index in [0.717, 1.165) is 12.1 Å². The van der Waals surface area contributed by atoms with E-state index in [1.165, 1.54) is 31.4 Å². The molecule has 5 nitrogen and oxygen atoms in total. The van der Waals surface area contributed by atoms with E-state index in [9.17, 15) is 15.0 Å². The van der Waals surface area contributed by atoms with Crippen LogP contribution in [-0.2, 0) is 11.2 Å². The van der Waals surface area contributed by atoms with E-state index in [1.807, 2.05) is 11.8 Å². The first-order chi connectivity index (χ1) is 10.0. The Hall–Kier alpha value is -1.75. The van der Waals surface area contributed by atoms with Crippen molar-refractivity contribution in [3.63, 3.8) is 0 Å². The minimum atomic E-state index is -0.617. The van der Waals surface area contributed by atoms with Crippen molar-refractivity contribution in [2.24, 2.45) is 11.7 Å². The van der Waals surface area contributed by atoms with Gasteiger partial charge in [0.15, 0.2) is 11.5 Å². The van der Waals surface area contributed by atoms with Crippen LogP contribution >= 0.6 is 0 Å². The first-order valence-electron chi connectivity index (χ1n) is 7.56. The number of carbonyl (C=O) groups is 1. The number of carbonyl (C=O) groups excluding carboxylic acids is 1. The van der Waals surface area contributed by atoms with Crippen molar-refractivity contribution in [2.75, 3.05) is 13.1 Å². The monoisotopic (exact) mass is 292 g/mol. The lowest BCUT2D eigenvalue weighted by Crippen LogP contribution is -2.47. The molecular weight excluding hydrogens is 268 g/mol. The molecule has 0 aromatic heterocycles. The highest BCUT2D eigenvalue weighted by Crippen LogP contribution is 2.28. The first-order valence-corrected chi connectivity index (χ1v) is 7.56. The van der Waals surface area contributed by atoms with E-state index in [4.69, 9.17) is 5.73 Å². The predicted octanol–water partition coefficient (Wildman–Crippen LogP) is 1.62. The van der Waals surface area contributed by atoms with Crippen molar-refractivity contribution in [1.29, 1.82) is 0 Å². The summed E-state index contributed by atoms with van der Waals surface area (Å²) in [6.45, 7) is 3.43. The zero-order valence-corrected chi connectivity index (χ0v) is 12.5. The van der Waals surface area contributed by atoms with Crippen LogP contribution in [0.15, 0.2) is 18.2 Å². The Morgan fingerprint density at radius 1 is 1.38 bits per heavy atom. The number of phenols is 2. The highest BCUT2D eigenvalue weighted by atomic mass is 16.3. The van der Waals surface area contributed by atoms with Gasteiger partial charge in [0.05, 0.1) is 6.04 Å². The molecule has 1 aliphatic carbocycles. The van der Waals surface area contributed by atoms with Crippen molar-refractivity contribution in [1.82, 2.24) is 4.90 Å². The topological polar surface area (TPSA) is 86.8 Å². The van der Waals surface area contributed by atoms with Crippen LogP contribution in [-0.4, -0.2) is 40.2 Å². The summed E-state index contributed by atoms with van der Waals surface area (Å²) in [7, 11) is 0. The Bertz CT molecular complexity index is 500. The van der Waals surface area contributed by atoms with E-state index in [1.54, 1.807) is 6.07 Å². The van der Waals surface area contributed by atoms with Crippen molar-refractivity contribution < 1.29 is 15.0 Å². The summed E-state index contributed by atoms with van der Waals surface area (Å²) in [5.74, 6) is 0.226. The molecule has 2 rings (SSSR count). The lowest BCUT2D eigenvalue weighted by molar-refractivity contribution is -0.133. The van der Waals surface area contributed by atoms with Crippen molar-refractivity contribution in [2.45, 2.75) is 38.6 Å².